The van der Waals surface area contributed by atoms with Gasteiger partial charge in [-0.3, -0.25) is 4.79 Å². The summed E-state index contributed by atoms with van der Waals surface area (Å²) in [6, 6.07) is 3.84. The number of aryl methyl sites for hydroxylation is 1. The molecule has 1 aliphatic heterocycles. The lowest BCUT2D eigenvalue weighted by Gasteiger charge is -2.08. The van der Waals surface area contributed by atoms with Crippen LogP contribution in [0.1, 0.15) is 25.0 Å². The lowest BCUT2D eigenvalue weighted by Crippen LogP contribution is -2.26. The Balaban J connectivity index is 1.53. The minimum atomic E-state index is 0.139. The van der Waals surface area contributed by atoms with Crippen molar-refractivity contribution in [2.75, 3.05) is 19.8 Å². The van der Waals surface area contributed by atoms with Crippen molar-refractivity contribution in [2.45, 2.75) is 25.7 Å². The molecular weight excluding hydrogens is 218 g/mol. The third-order valence-corrected chi connectivity index (χ3v) is 3.00. The van der Waals surface area contributed by atoms with Crippen molar-refractivity contribution in [1.29, 1.82) is 0 Å². The molecule has 4 nitrogen and oxygen atoms in total. The van der Waals surface area contributed by atoms with Gasteiger partial charge >= 0.3 is 0 Å². The largest absolute Gasteiger partial charge is 0.469 e. The molecule has 0 bridgehead atoms. The van der Waals surface area contributed by atoms with Crippen molar-refractivity contribution in [1.82, 2.24) is 5.32 Å². The first-order valence-corrected chi connectivity index (χ1v) is 6.21. The van der Waals surface area contributed by atoms with Crippen LogP contribution in [0.5, 0.6) is 0 Å². The Morgan fingerprint density at radius 1 is 1.53 bits per heavy atom. The summed E-state index contributed by atoms with van der Waals surface area (Å²) in [5.74, 6) is 1.53. The second-order valence-electron chi connectivity index (χ2n) is 4.47. The van der Waals surface area contributed by atoms with E-state index in [-0.39, 0.29) is 5.91 Å². The maximum atomic E-state index is 11.6. The van der Waals surface area contributed by atoms with Crippen molar-refractivity contribution in [2.24, 2.45) is 5.92 Å². The fourth-order valence-electron chi connectivity index (χ4n) is 2.02. The van der Waals surface area contributed by atoms with E-state index in [0.717, 1.165) is 38.2 Å². The summed E-state index contributed by atoms with van der Waals surface area (Å²) in [6.45, 7) is 2.25. The molecule has 17 heavy (non-hydrogen) atoms. The lowest BCUT2D eigenvalue weighted by molar-refractivity contribution is -0.122. The van der Waals surface area contributed by atoms with E-state index in [0.29, 0.717) is 18.9 Å². The number of rotatable bonds is 6. The molecule has 2 heterocycles. The number of carbonyl (C=O) groups excluding carboxylic acids is 1. The van der Waals surface area contributed by atoms with E-state index in [4.69, 9.17) is 9.15 Å². The average molecular weight is 237 g/mol. The van der Waals surface area contributed by atoms with Gasteiger partial charge in [0.25, 0.3) is 0 Å². The Labute approximate surface area is 101 Å². The van der Waals surface area contributed by atoms with E-state index >= 15 is 0 Å². The van der Waals surface area contributed by atoms with Gasteiger partial charge in [-0.15, -0.1) is 0 Å². The maximum absolute atomic E-state index is 11.6. The Hall–Kier alpha value is -1.29. The molecule has 1 aromatic heterocycles. The molecule has 4 heteroatoms. The molecule has 2 rings (SSSR count). The number of ether oxygens (including phenoxy) is 1. The predicted molar refractivity (Wildman–Crippen MR) is 63.6 cm³/mol. The Morgan fingerprint density at radius 2 is 2.47 bits per heavy atom. The topological polar surface area (TPSA) is 51.5 Å². The zero-order valence-corrected chi connectivity index (χ0v) is 9.98. The molecule has 1 aromatic rings. The van der Waals surface area contributed by atoms with Crippen molar-refractivity contribution in [3.05, 3.63) is 24.2 Å². The fourth-order valence-corrected chi connectivity index (χ4v) is 2.02. The van der Waals surface area contributed by atoms with Gasteiger partial charge in [0, 0.05) is 32.6 Å². The molecule has 0 unspecified atom stereocenters. The van der Waals surface area contributed by atoms with Crippen LogP contribution in [0.2, 0.25) is 0 Å². The van der Waals surface area contributed by atoms with Crippen LogP contribution >= 0.6 is 0 Å². The summed E-state index contributed by atoms with van der Waals surface area (Å²) in [5, 5.41) is 2.94. The van der Waals surface area contributed by atoms with Crippen molar-refractivity contribution >= 4 is 5.91 Å². The molecule has 94 valence electrons. The van der Waals surface area contributed by atoms with Gasteiger partial charge in [0.15, 0.2) is 0 Å². The Kier molecular flexibility index (Phi) is 4.62. The van der Waals surface area contributed by atoms with Crippen molar-refractivity contribution in [3.63, 3.8) is 0 Å². The SMILES string of the molecule is O=C(C[C@H]1CCOC1)NCCCc1ccco1. The summed E-state index contributed by atoms with van der Waals surface area (Å²) in [4.78, 5) is 11.6. The van der Waals surface area contributed by atoms with E-state index in [2.05, 4.69) is 5.32 Å². The molecule has 0 aliphatic carbocycles. The minimum absolute atomic E-state index is 0.139. The second kappa shape index (κ2) is 6.45. The van der Waals surface area contributed by atoms with Crippen molar-refractivity contribution in [3.8, 4) is 0 Å². The van der Waals surface area contributed by atoms with Crippen LogP contribution in [-0.4, -0.2) is 25.7 Å². The minimum Gasteiger partial charge on any atom is -0.469 e. The second-order valence-corrected chi connectivity index (χ2v) is 4.47. The summed E-state index contributed by atoms with van der Waals surface area (Å²) < 4.78 is 10.5. The Bertz CT molecular complexity index is 328. The number of amides is 1. The van der Waals surface area contributed by atoms with Crippen LogP contribution in [0.15, 0.2) is 22.8 Å². The normalized spacial score (nSPS) is 19.4. The molecule has 0 aromatic carbocycles. The predicted octanol–water partition coefficient (Wildman–Crippen LogP) is 1.75. The standard InChI is InChI=1S/C13H19NO3/c15-13(9-11-5-8-16-10-11)14-6-1-3-12-4-2-7-17-12/h2,4,7,11H,1,3,5-6,8-10H2,(H,14,15)/t11-/m1/s1. The molecule has 1 aliphatic rings. The Morgan fingerprint density at radius 3 is 3.18 bits per heavy atom. The zero-order valence-electron chi connectivity index (χ0n) is 9.98. The maximum Gasteiger partial charge on any atom is 0.220 e. The zero-order chi connectivity index (χ0) is 11.9. The van der Waals surface area contributed by atoms with E-state index in [1.165, 1.54) is 0 Å². The molecule has 0 spiro atoms. The summed E-state index contributed by atoms with van der Waals surface area (Å²) >= 11 is 0. The summed E-state index contributed by atoms with van der Waals surface area (Å²) in [7, 11) is 0. The quantitative estimate of drug-likeness (QED) is 0.767. The lowest BCUT2D eigenvalue weighted by atomic mass is 10.0. The molecular formula is C13H19NO3. The summed E-state index contributed by atoms with van der Waals surface area (Å²) in [5.41, 5.74) is 0. The number of hydrogen-bond donors (Lipinski definition) is 1. The van der Waals surface area contributed by atoms with Gasteiger partial charge in [-0.1, -0.05) is 0 Å². The highest BCUT2D eigenvalue weighted by molar-refractivity contribution is 5.76. The monoisotopic (exact) mass is 237 g/mol. The van der Waals surface area contributed by atoms with Crippen LogP contribution < -0.4 is 5.32 Å². The first kappa shape index (κ1) is 12.2. The molecule has 1 saturated heterocycles. The fraction of sp³-hybridized carbons (Fsp3) is 0.615. The molecule has 1 atom stereocenters. The van der Waals surface area contributed by atoms with Gasteiger partial charge in [-0.05, 0) is 30.9 Å². The van der Waals surface area contributed by atoms with Gasteiger partial charge in [0.1, 0.15) is 5.76 Å². The number of carbonyl (C=O) groups is 1. The first-order valence-electron chi connectivity index (χ1n) is 6.21. The number of furan rings is 1. The van der Waals surface area contributed by atoms with Gasteiger partial charge < -0.3 is 14.5 Å². The smallest absolute Gasteiger partial charge is 0.220 e. The third-order valence-electron chi connectivity index (χ3n) is 3.00. The van der Waals surface area contributed by atoms with Gasteiger partial charge in [-0.2, -0.15) is 0 Å². The van der Waals surface area contributed by atoms with Crippen LogP contribution in [0.4, 0.5) is 0 Å². The van der Waals surface area contributed by atoms with Gasteiger partial charge in [0.05, 0.1) is 6.26 Å². The van der Waals surface area contributed by atoms with E-state index in [9.17, 15) is 4.79 Å². The summed E-state index contributed by atoms with van der Waals surface area (Å²) in [6.07, 6.45) is 5.08. The number of nitrogens with one attached hydrogen (secondary N) is 1. The van der Waals surface area contributed by atoms with Crippen LogP contribution in [0.3, 0.4) is 0 Å². The molecule has 0 saturated carbocycles. The van der Waals surface area contributed by atoms with Crippen LogP contribution in [0, 0.1) is 5.92 Å². The average Bonchev–Trinajstić information content (AvgIpc) is 2.96. The highest BCUT2D eigenvalue weighted by Gasteiger charge is 2.18. The molecule has 0 radical (unpaired) electrons. The van der Waals surface area contributed by atoms with E-state index in [1.807, 2.05) is 12.1 Å². The highest BCUT2D eigenvalue weighted by Crippen LogP contribution is 2.15. The van der Waals surface area contributed by atoms with E-state index in [1.54, 1.807) is 6.26 Å². The van der Waals surface area contributed by atoms with Gasteiger partial charge in [0.2, 0.25) is 5.91 Å². The number of hydrogen-bond acceptors (Lipinski definition) is 3. The highest BCUT2D eigenvalue weighted by atomic mass is 16.5. The van der Waals surface area contributed by atoms with E-state index < -0.39 is 0 Å². The van der Waals surface area contributed by atoms with Crippen LogP contribution in [0.25, 0.3) is 0 Å². The molecule has 1 amide bonds. The van der Waals surface area contributed by atoms with Crippen molar-refractivity contribution < 1.29 is 13.9 Å². The third kappa shape index (κ3) is 4.23. The van der Waals surface area contributed by atoms with Gasteiger partial charge in [-0.25, -0.2) is 0 Å². The van der Waals surface area contributed by atoms with Crippen LogP contribution in [-0.2, 0) is 16.0 Å². The first-order chi connectivity index (χ1) is 8.34. The molecule has 1 fully saturated rings. The molecule has 1 N–H and O–H groups in total.